The van der Waals surface area contributed by atoms with E-state index < -0.39 is 8.07 Å². The fourth-order valence-corrected chi connectivity index (χ4v) is 4.33. The average molecular weight is 316 g/mol. The van der Waals surface area contributed by atoms with Crippen LogP contribution in [0, 0.1) is 0 Å². The van der Waals surface area contributed by atoms with Gasteiger partial charge in [-0.1, -0.05) is 55.2 Å². The molecule has 4 aromatic rings. The van der Waals surface area contributed by atoms with Crippen LogP contribution in [0.4, 0.5) is 0 Å². The Hall–Kier alpha value is -2.39. The van der Waals surface area contributed by atoms with Gasteiger partial charge >= 0.3 is 0 Å². The molecular weight excluding hydrogens is 296 g/mol. The van der Waals surface area contributed by atoms with Gasteiger partial charge in [-0.15, -0.1) is 0 Å². The highest BCUT2D eigenvalue weighted by molar-refractivity contribution is 6.88. The molecule has 0 amide bonds. The van der Waals surface area contributed by atoms with Crippen molar-refractivity contribution in [3.8, 4) is 5.69 Å². The van der Waals surface area contributed by atoms with Crippen molar-refractivity contribution in [2.24, 2.45) is 0 Å². The molecule has 23 heavy (non-hydrogen) atoms. The highest BCUT2D eigenvalue weighted by atomic mass is 28.3. The number of rotatable bonds is 2. The number of benzene rings is 2. The fourth-order valence-electron chi connectivity index (χ4n) is 3.17. The number of aromatic nitrogens is 2. The zero-order chi connectivity index (χ0) is 16.0. The topological polar surface area (TPSA) is 17.8 Å². The van der Waals surface area contributed by atoms with E-state index in [1.54, 1.807) is 0 Å². The Morgan fingerprint density at radius 2 is 1.48 bits per heavy atom. The molecule has 0 aliphatic heterocycles. The van der Waals surface area contributed by atoms with Crippen LogP contribution in [0.15, 0.2) is 66.9 Å². The molecule has 4 rings (SSSR count). The summed E-state index contributed by atoms with van der Waals surface area (Å²) in [5, 5.41) is 3.94. The van der Waals surface area contributed by atoms with Gasteiger partial charge in [-0.25, -0.2) is 4.98 Å². The van der Waals surface area contributed by atoms with E-state index in [9.17, 15) is 0 Å². The number of nitrogens with zero attached hydrogens (tertiary/aromatic N) is 2. The van der Waals surface area contributed by atoms with E-state index in [0.717, 1.165) is 5.65 Å². The predicted molar refractivity (Wildman–Crippen MR) is 102 cm³/mol. The zero-order valence-corrected chi connectivity index (χ0v) is 14.7. The maximum absolute atomic E-state index is 4.64. The molecule has 0 aliphatic carbocycles. The van der Waals surface area contributed by atoms with Crippen LogP contribution in [-0.2, 0) is 0 Å². The van der Waals surface area contributed by atoms with E-state index in [4.69, 9.17) is 0 Å². The van der Waals surface area contributed by atoms with Crippen molar-refractivity contribution in [1.29, 1.82) is 0 Å². The number of para-hydroxylation sites is 1. The fraction of sp³-hybridized carbons (Fsp3) is 0.150. The molecule has 0 radical (unpaired) electrons. The lowest BCUT2D eigenvalue weighted by Crippen LogP contribution is -2.37. The quantitative estimate of drug-likeness (QED) is 0.489. The molecule has 0 spiro atoms. The monoisotopic (exact) mass is 316 g/mol. The first-order valence-electron chi connectivity index (χ1n) is 8.01. The first-order chi connectivity index (χ1) is 11.1. The Morgan fingerprint density at radius 1 is 0.783 bits per heavy atom. The first-order valence-corrected chi connectivity index (χ1v) is 11.5. The molecule has 0 saturated heterocycles. The third-order valence-electron chi connectivity index (χ3n) is 4.43. The summed E-state index contributed by atoms with van der Waals surface area (Å²) in [7, 11) is -1.27. The number of hydrogen-bond donors (Lipinski definition) is 0. The van der Waals surface area contributed by atoms with Crippen LogP contribution >= 0.6 is 0 Å². The standard InChI is InChI=1S/C20H20N2Si/c1-23(2,3)16-12-10-15(11-13-16)22-19-9-5-4-7-17(19)18-8-6-14-21-20(18)22/h4-14H,1-3H3. The molecule has 3 heteroatoms. The lowest BCUT2D eigenvalue weighted by atomic mass is 10.2. The van der Waals surface area contributed by atoms with Crippen LogP contribution in [-0.4, -0.2) is 17.6 Å². The summed E-state index contributed by atoms with van der Waals surface area (Å²) in [6.07, 6.45) is 1.87. The summed E-state index contributed by atoms with van der Waals surface area (Å²) >= 11 is 0. The molecule has 0 fully saturated rings. The van der Waals surface area contributed by atoms with Crippen LogP contribution in [0.3, 0.4) is 0 Å². The van der Waals surface area contributed by atoms with Crippen molar-refractivity contribution in [1.82, 2.24) is 9.55 Å². The minimum Gasteiger partial charge on any atom is -0.294 e. The van der Waals surface area contributed by atoms with Crippen molar-refractivity contribution < 1.29 is 0 Å². The van der Waals surface area contributed by atoms with Gasteiger partial charge in [0.15, 0.2) is 0 Å². The van der Waals surface area contributed by atoms with Gasteiger partial charge in [-0.05, 0) is 30.3 Å². The molecule has 114 valence electrons. The second-order valence-electron chi connectivity index (χ2n) is 7.02. The van der Waals surface area contributed by atoms with Crippen molar-refractivity contribution in [3.05, 3.63) is 66.9 Å². The summed E-state index contributed by atoms with van der Waals surface area (Å²) in [5.41, 5.74) is 3.41. The van der Waals surface area contributed by atoms with Gasteiger partial charge in [0.2, 0.25) is 0 Å². The summed E-state index contributed by atoms with van der Waals surface area (Å²) in [6.45, 7) is 7.14. The highest BCUT2D eigenvalue weighted by Crippen LogP contribution is 2.30. The minimum atomic E-state index is -1.27. The van der Waals surface area contributed by atoms with Gasteiger partial charge in [-0.3, -0.25) is 4.57 Å². The molecular formula is C20H20N2Si. The summed E-state index contributed by atoms with van der Waals surface area (Å²) in [6, 6.07) is 21.7. The zero-order valence-electron chi connectivity index (χ0n) is 13.7. The number of hydrogen-bond acceptors (Lipinski definition) is 1. The van der Waals surface area contributed by atoms with Crippen molar-refractivity contribution >= 4 is 35.2 Å². The highest BCUT2D eigenvalue weighted by Gasteiger charge is 2.17. The van der Waals surface area contributed by atoms with Crippen molar-refractivity contribution in [2.75, 3.05) is 0 Å². The molecule has 2 aromatic carbocycles. The predicted octanol–water partition coefficient (Wildman–Crippen LogP) is 4.72. The molecule has 0 bridgehead atoms. The largest absolute Gasteiger partial charge is 0.294 e. The van der Waals surface area contributed by atoms with Crippen molar-refractivity contribution in [3.63, 3.8) is 0 Å². The summed E-state index contributed by atoms with van der Waals surface area (Å²) in [5.74, 6) is 0. The molecule has 0 saturated carbocycles. The van der Waals surface area contributed by atoms with E-state index in [0.29, 0.717) is 0 Å². The normalized spacial score (nSPS) is 12.1. The second kappa shape index (κ2) is 5.07. The van der Waals surface area contributed by atoms with Gasteiger partial charge in [-0.2, -0.15) is 0 Å². The molecule has 0 aliphatic rings. The lowest BCUT2D eigenvalue weighted by molar-refractivity contribution is 1.14. The molecule has 0 N–H and O–H groups in total. The third kappa shape index (κ3) is 2.28. The SMILES string of the molecule is C[Si](C)(C)c1ccc(-n2c3ccccc3c3cccnc32)cc1. The van der Waals surface area contributed by atoms with Gasteiger partial charge in [0, 0.05) is 22.7 Å². The maximum atomic E-state index is 4.64. The minimum absolute atomic E-state index is 1.02. The van der Waals surface area contributed by atoms with Crippen LogP contribution in [0.2, 0.25) is 19.6 Å². The van der Waals surface area contributed by atoms with Gasteiger partial charge in [0.25, 0.3) is 0 Å². The van der Waals surface area contributed by atoms with Crippen LogP contribution in [0.25, 0.3) is 27.6 Å². The van der Waals surface area contributed by atoms with Gasteiger partial charge in [0.1, 0.15) is 5.65 Å². The average Bonchev–Trinajstić information content (AvgIpc) is 2.89. The molecule has 0 unspecified atom stereocenters. The first kappa shape index (κ1) is 14.2. The maximum Gasteiger partial charge on any atom is 0.145 e. The second-order valence-corrected chi connectivity index (χ2v) is 12.1. The Morgan fingerprint density at radius 3 is 2.22 bits per heavy atom. The Labute approximate surface area is 137 Å². The Kier molecular flexibility index (Phi) is 3.13. The Bertz CT molecular complexity index is 938. The third-order valence-corrected chi connectivity index (χ3v) is 6.49. The molecule has 2 aromatic heterocycles. The number of pyridine rings is 1. The van der Waals surface area contributed by atoms with Gasteiger partial charge in [0.05, 0.1) is 13.6 Å². The summed E-state index contributed by atoms with van der Waals surface area (Å²) < 4.78 is 2.26. The van der Waals surface area contributed by atoms with E-state index in [1.807, 2.05) is 12.3 Å². The van der Waals surface area contributed by atoms with E-state index in [-0.39, 0.29) is 0 Å². The Balaban J connectivity index is 2.01. The van der Waals surface area contributed by atoms with E-state index >= 15 is 0 Å². The van der Waals surface area contributed by atoms with Gasteiger partial charge < -0.3 is 0 Å². The molecule has 2 heterocycles. The van der Waals surface area contributed by atoms with Crippen molar-refractivity contribution in [2.45, 2.75) is 19.6 Å². The van der Waals surface area contributed by atoms with E-state index in [2.05, 4.69) is 83.8 Å². The number of fused-ring (bicyclic) bond motifs is 3. The summed E-state index contributed by atoms with van der Waals surface area (Å²) in [4.78, 5) is 4.64. The van der Waals surface area contributed by atoms with Crippen LogP contribution in [0.5, 0.6) is 0 Å². The lowest BCUT2D eigenvalue weighted by Gasteiger charge is -2.17. The smallest absolute Gasteiger partial charge is 0.145 e. The molecule has 0 atom stereocenters. The molecule has 2 nitrogen and oxygen atoms in total. The van der Waals surface area contributed by atoms with Crippen LogP contribution < -0.4 is 5.19 Å². The van der Waals surface area contributed by atoms with Crippen LogP contribution in [0.1, 0.15) is 0 Å². The van der Waals surface area contributed by atoms with E-state index in [1.165, 1.54) is 27.2 Å².